The minimum absolute atomic E-state index is 0.466. The summed E-state index contributed by atoms with van der Waals surface area (Å²) in [6.45, 7) is 1.36. The highest BCUT2D eigenvalue weighted by atomic mass is 16.4. The molecule has 0 spiro atoms. The Morgan fingerprint density at radius 3 is 2.12 bits per heavy atom. The Balaban J connectivity index is 2.65. The lowest BCUT2D eigenvalue weighted by Gasteiger charge is -2.28. The van der Waals surface area contributed by atoms with Crippen LogP contribution < -0.4 is 5.32 Å². The zero-order chi connectivity index (χ0) is 13.0. The summed E-state index contributed by atoms with van der Waals surface area (Å²) in [5.74, 6) is -3.87. The van der Waals surface area contributed by atoms with E-state index in [0.717, 1.165) is 12.8 Å². The van der Waals surface area contributed by atoms with Crippen LogP contribution in [0.1, 0.15) is 32.6 Å². The first-order chi connectivity index (χ1) is 7.93. The molecule has 1 amide bonds. The van der Waals surface area contributed by atoms with Gasteiger partial charge in [-0.25, -0.2) is 0 Å². The molecule has 0 radical (unpaired) electrons. The standard InChI is InChI=1S/C11H17NO5/c1-6(10(14)15)12-9(13)7-4-2-3-5-8(7)11(16)17/h6-8H,2-5H2,1H3,(H,12,13)(H,14,15)(H,16,17). The largest absolute Gasteiger partial charge is 0.481 e. The van der Waals surface area contributed by atoms with Crippen molar-refractivity contribution >= 4 is 17.8 Å². The van der Waals surface area contributed by atoms with Crippen molar-refractivity contribution in [1.29, 1.82) is 0 Å². The summed E-state index contributed by atoms with van der Waals surface area (Å²) in [6, 6.07) is -0.987. The summed E-state index contributed by atoms with van der Waals surface area (Å²) >= 11 is 0. The second-order valence-corrected chi connectivity index (χ2v) is 4.40. The third-order valence-corrected chi connectivity index (χ3v) is 3.15. The fourth-order valence-corrected chi connectivity index (χ4v) is 2.12. The molecule has 1 aliphatic carbocycles. The molecule has 3 unspecified atom stereocenters. The second kappa shape index (κ2) is 5.65. The van der Waals surface area contributed by atoms with E-state index >= 15 is 0 Å². The number of nitrogens with one attached hydrogen (secondary N) is 1. The smallest absolute Gasteiger partial charge is 0.325 e. The summed E-state index contributed by atoms with van der Waals surface area (Å²) < 4.78 is 0. The van der Waals surface area contributed by atoms with Gasteiger partial charge in [-0.05, 0) is 19.8 Å². The van der Waals surface area contributed by atoms with E-state index in [-0.39, 0.29) is 0 Å². The van der Waals surface area contributed by atoms with E-state index in [9.17, 15) is 14.4 Å². The Bertz CT molecular complexity index is 328. The Morgan fingerprint density at radius 2 is 1.65 bits per heavy atom. The van der Waals surface area contributed by atoms with Crippen LogP contribution in [0.25, 0.3) is 0 Å². The SMILES string of the molecule is CC(NC(=O)C1CCCCC1C(=O)O)C(=O)O. The van der Waals surface area contributed by atoms with Crippen LogP contribution in [0.15, 0.2) is 0 Å². The summed E-state index contributed by atoms with van der Waals surface area (Å²) in [7, 11) is 0. The van der Waals surface area contributed by atoms with Crippen LogP contribution in [0.3, 0.4) is 0 Å². The van der Waals surface area contributed by atoms with Gasteiger partial charge in [0.1, 0.15) is 6.04 Å². The average Bonchev–Trinajstić information content (AvgIpc) is 2.28. The van der Waals surface area contributed by atoms with Crippen molar-refractivity contribution in [3.63, 3.8) is 0 Å². The van der Waals surface area contributed by atoms with Gasteiger partial charge in [-0.1, -0.05) is 12.8 Å². The molecule has 0 bridgehead atoms. The molecule has 0 aliphatic heterocycles. The summed E-state index contributed by atoms with van der Waals surface area (Å²) in [4.78, 5) is 33.4. The predicted octanol–water partition coefficient (Wildman–Crippen LogP) is 0.467. The van der Waals surface area contributed by atoms with E-state index in [0.29, 0.717) is 12.8 Å². The van der Waals surface area contributed by atoms with Crippen molar-refractivity contribution in [2.24, 2.45) is 11.8 Å². The van der Waals surface area contributed by atoms with Crippen molar-refractivity contribution in [1.82, 2.24) is 5.32 Å². The predicted molar refractivity (Wildman–Crippen MR) is 58.3 cm³/mol. The molecule has 96 valence electrons. The molecule has 1 saturated carbocycles. The van der Waals surface area contributed by atoms with Gasteiger partial charge in [-0.3, -0.25) is 14.4 Å². The molecular weight excluding hydrogens is 226 g/mol. The van der Waals surface area contributed by atoms with E-state index in [4.69, 9.17) is 10.2 Å². The van der Waals surface area contributed by atoms with Crippen molar-refractivity contribution in [3.8, 4) is 0 Å². The molecule has 0 aromatic carbocycles. The Morgan fingerprint density at radius 1 is 1.12 bits per heavy atom. The molecule has 3 N–H and O–H groups in total. The fraction of sp³-hybridized carbons (Fsp3) is 0.727. The van der Waals surface area contributed by atoms with Crippen molar-refractivity contribution in [2.75, 3.05) is 0 Å². The number of amides is 1. The topological polar surface area (TPSA) is 104 Å². The molecule has 6 heteroatoms. The Kier molecular flexibility index (Phi) is 4.48. The fourth-order valence-electron chi connectivity index (χ4n) is 2.12. The van der Waals surface area contributed by atoms with Crippen LogP contribution in [0, 0.1) is 11.8 Å². The number of carbonyl (C=O) groups is 3. The highest BCUT2D eigenvalue weighted by molar-refractivity contribution is 5.88. The van der Waals surface area contributed by atoms with E-state index < -0.39 is 35.7 Å². The lowest BCUT2D eigenvalue weighted by molar-refractivity contribution is -0.149. The number of aliphatic carboxylic acids is 2. The minimum atomic E-state index is -1.12. The van der Waals surface area contributed by atoms with Crippen molar-refractivity contribution in [3.05, 3.63) is 0 Å². The quantitative estimate of drug-likeness (QED) is 0.665. The molecule has 17 heavy (non-hydrogen) atoms. The molecule has 1 rings (SSSR count). The molecule has 6 nitrogen and oxygen atoms in total. The molecule has 1 fully saturated rings. The van der Waals surface area contributed by atoms with Crippen LogP contribution in [0.5, 0.6) is 0 Å². The number of hydrogen-bond acceptors (Lipinski definition) is 3. The highest BCUT2D eigenvalue weighted by Crippen LogP contribution is 2.30. The molecule has 0 aromatic heterocycles. The van der Waals surface area contributed by atoms with E-state index in [2.05, 4.69) is 5.32 Å². The van der Waals surface area contributed by atoms with Gasteiger partial charge >= 0.3 is 11.9 Å². The molecule has 3 atom stereocenters. The third-order valence-electron chi connectivity index (χ3n) is 3.15. The number of rotatable bonds is 4. The molecular formula is C11H17NO5. The van der Waals surface area contributed by atoms with Gasteiger partial charge in [0.05, 0.1) is 11.8 Å². The van der Waals surface area contributed by atoms with Crippen molar-refractivity contribution < 1.29 is 24.6 Å². The van der Waals surface area contributed by atoms with Crippen LogP contribution in [0.2, 0.25) is 0 Å². The van der Waals surface area contributed by atoms with Gasteiger partial charge in [0.25, 0.3) is 0 Å². The minimum Gasteiger partial charge on any atom is -0.481 e. The van der Waals surface area contributed by atoms with Crippen molar-refractivity contribution in [2.45, 2.75) is 38.6 Å². The van der Waals surface area contributed by atoms with Gasteiger partial charge in [0.15, 0.2) is 0 Å². The first kappa shape index (κ1) is 13.5. The number of carboxylic acid groups (broad SMARTS) is 2. The third kappa shape index (κ3) is 3.44. The maximum atomic E-state index is 11.8. The molecule has 0 heterocycles. The monoisotopic (exact) mass is 243 g/mol. The second-order valence-electron chi connectivity index (χ2n) is 4.40. The Hall–Kier alpha value is -1.59. The van der Waals surface area contributed by atoms with Crippen LogP contribution in [-0.4, -0.2) is 34.1 Å². The Labute approximate surface area is 99.0 Å². The zero-order valence-electron chi connectivity index (χ0n) is 9.68. The number of hydrogen-bond donors (Lipinski definition) is 3. The van der Waals surface area contributed by atoms with Gasteiger partial charge in [-0.2, -0.15) is 0 Å². The van der Waals surface area contributed by atoms with Gasteiger partial charge in [0.2, 0.25) is 5.91 Å². The van der Waals surface area contributed by atoms with E-state index in [1.165, 1.54) is 6.92 Å². The lowest BCUT2D eigenvalue weighted by Crippen LogP contribution is -2.45. The maximum absolute atomic E-state index is 11.8. The number of carbonyl (C=O) groups excluding carboxylic acids is 1. The molecule has 0 saturated heterocycles. The first-order valence-electron chi connectivity index (χ1n) is 5.69. The summed E-state index contributed by atoms with van der Waals surface area (Å²) in [5.41, 5.74) is 0. The van der Waals surface area contributed by atoms with Crippen LogP contribution >= 0.6 is 0 Å². The average molecular weight is 243 g/mol. The van der Waals surface area contributed by atoms with Crippen LogP contribution in [-0.2, 0) is 14.4 Å². The van der Waals surface area contributed by atoms with E-state index in [1.807, 2.05) is 0 Å². The van der Waals surface area contributed by atoms with Gasteiger partial charge in [0, 0.05) is 0 Å². The van der Waals surface area contributed by atoms with Gasteiger partial charge < -0.3 is 15.5 Å². The normalized spacial score (nSPS) is 25.9. The van der Waals surface area contributed by atoms with E-state index in [1.54, 1.807) is 0 Å². The summed E-state index contributed by atoms with van der Waals surface area (Å²) in [6.07, 6.45) is 2.60. The highest BCUT2D eigenvalue weighted by Gasteiger charge is 2.36. The zero-order valence-corrected chi connectivity index (χ0v) is 9.68. The maximum Gasteiger partial charge on any atom is 0.325 e. The molecule has 1 aliphatic rings. The lowest BCUT2D eigenvalue weighted by atomic mass is 9.78. The molecule has 0 aromatic rings. The first-order valence-corrected chi connectivity index (χ1v) is 5.69. The number of carboxylic acids is 2. The van der Waals surface area contributed by atoms with Gasteiger partial charge in [-0.15, -0.1) is 0 Å². The van der Waals surface area contributed by atoms with Crippen LogP contribution in [0.4, 0.5) is 0 Å². The summed E-state index contributed by atoms with van der Waals surface area (Å²) in [5, 5.41) is 20.0.